The number of amidine groups is 1. The van der Waals surface area contributed by atoms with Crippen molar-refractivity contribution in [2.24, 2.45) is 4.99 Å². The predicted octanol–water partition coefficient (Wildman–Crippen LogP) is 5.08. The number of aromatic nitrogens is 1. The summed E-state index contributed by atoms with van der Waals surface area (Å²) in [6.45, 7) is 2.35. The van der Waals surface area contributed by atoms with Gasteiger partial charge in [0.05, 0.1) is 44.6 Å². The fourth-order valence-electron chi connectivity index (χ4n) is 4.72. The van der Waals surface area contributed by atoms with Crippen molar-refractivity contribution in [3.63, 3.8) is 0 Å². The smallest absolute Gasteiger partial charge is 0.338 e. The molecule has 0 saturated carbocycles. The summed E-state index contributed by atoms with van der Waals surface area (Å²) in [4.78, 5) is 37.7. The molecule has 1 amide bonds. The number of esters is 1. The lowest BCUT2D eigenvalue weighted by molar-refractivity contribution is -0.139. The van der Waals surface area contributed by atoms with Crippen molar-refractivity contribution in [2.45, 2.75) is 25.9 Å². The molecule has 1 atom stereocenters. The third-order valence-electron chi connectivity index (χ3n) is 6.62. The van der Waals surface area contributed by atoms with Gasteiger partial charge >= 0.3 is 5.97 Å². The van der Waals surface area contributed by atoms with E-state index in [4.69, 9.17) is 19.2 Å². The van der Waals surface area contributed by atoms with Crippen LogP contribution in [0.15, 0.2) is 94.7 Å². The zero-order chi connectivity index (χ0) is 28.8. The molecular formula is C31H30N4O5S. The molecule has 210 valence electrons. The number of fused-ring (bicyclic) bond motifs is 1. The van der Waals surface area contributed by atoms with Gasteiger partial charge in [-0.2, -0.15) is 0 Å². The van der Waals surface area contributed by atoms with Crippen LogP contribution in [0.4, 0.5) is 0 Å². The molecule has 2 aliphatic heterocycles. The molecule has 0 saturated heterocycles. The van der Waals surface area contributed by atoms with Crippen LogP contribution in [0.25, 0.3) is 5.70 Å². The van der Waals surface area contributed by atoms with Crippen LogP contribution in [-0.2, 0) is 20.9 Å². The fraction of sp³-hybridized carbons (Fsp3) is 0.226. The number of thioether (sulfide) groups is 1. The molecule has 0 aliphatic carbocycles. The Hall–Kier alpha value is -4.57. The van der Waals surface area contributed by atoms with Gasteiger partial charge in [0.25, 0.3) is 0 Å². The topological polar surface area (TPSA) is 102 Å². The minimum Gasteiger partial charge on any atom is -0.497 e. The van der Waals surface area contributed by atoms with Gasteiger partial charge in [0.15, 0.2) is 5.17 Å². The van der Waals surface area contributed by atoms with Gasteiger partial charge in [0.1, 0.15) is 11.5 Å². The summed E-state index contributed by atoms with van der Waals surface area (Å²) in [7, 11) is 3.15. The quantitative estimate of drug-likeness (QED) is 0.337. The molecule has 1 aromatic heterocycles. The molecule has 3 heterocycles. The van der Waals surface area contributed by atoms with Crippen LogP contribution in [-0.4, -0.2) is 47.8 Å². The van der Waals surface area contributed by atoms with Crippen LogP contribution in [0.3, 0.4) is 0 Å². The van der Waals surface area contributed by atoms with Gasteiger partial charge in [-0.1, -0.05) is 42.1 Å². The Bertz CT molecular complexity index is 1500. The largest absolute Gasteiger partial charge is 0.497 e. The summed E-state index contributed by atoms with van der Waals surface area (Å²) < 4.78 is 16.7. The number of nitrogens with one attached hydrogen (secondary N) is 1. The Morgan fingerprint density at radius 3 is 2.37 bits per heavy atom. The van der Waals surface area contributed by atoms with E-state index in [1.807, 2.05) is 64.9 Å². The van der Waals surface area contributed by atoms with Crippen LogP contribution >= 0.6 is 11.8 Å². The molecule has 2 aliphatic rings. The minimum absolute atomic E-state index is 0.0888. The van der Waals surface area contributed by atoms with Crippen molar-refractivity contribution in [1.82, 2.24) is 15.2 Å². The molecule has 41 heavy (non-hydrogen) atoms. The van der Waals surface area contributed by atoms with E-state index >= 15 is 0 Å². The summed E-state index contributed by atoms with van der Waals surface area (Å²) in [5, 5.41) is 5.54. The lowest BCUT2D eigenvalue weighted by Gasteiger charge is -2.37. The Balaban J connectivity index is 1.58. The first-order chi connectivity index (χ1) is 20.0. The standard InChI is InChI=1S/C31H30N4O5S/c1-4-40-30(37)27-28(21-8-6-5-7-9-21)34-31-35(29(27)22-14-24(38-2)17-25(15-22)39-3)23(19-41-31)16-26(36)33-18-20-10-12-32-13-11-20/h5-15,17,19,29H,4,16,18H2,1-3H3,(H,33,36). The van der Waals surface area contributed by atoms with E-state index in [-0.39, 0.29) is 18.9 Å². The average molecular weight is 571 g/mol. The molecule has 2 aromatic carbocycles. The number of aliphatic imine (C=N–C) groups is 1. The van der Waals surface area contributed by atoms with Gasteiger partial charge in [-0.25, -0.2) is 9.79 Å². The lowest BCUT2D eigenvalue weighted by Crippen LogP contribution is -2.38. The number of ether oxygens (including phenoxy) is 3. The SMILES string of the molecule is CCOC(=O)C1=C(c2ccccc2)N=C2SC=C(CC(=O)NCc3ccncc3)N2C1c1cc(OC)cc(OC)c1. The van der Waals surface area contributed by atoms with E-state index in [1.165, 1.54) is 11.8 Å². The zero-order valence-electron chi connectivity index (χ0n) is 23.0. The number of nitrogens with zero attached hydrogens (tertiary/aromatic N) is 3. The van der Waals surface area contributed by atoms with E-state index in [9.17, 15) is 9.59 Å². The molecule has 1 N–H and O–H groups in total. The highest BCUT2D eigenvalue weighted by Crippen LogP contribution is 2.48. The molecule has 0 radical (unpaired) electrons. The maximum atomic E-state index is 13.7. The Labute approximate surface area is 242 Å². The molecule has 1 unspecified atom stereocenters. The maximum Gasteiger partial charge on any atom is 0.338 e. The molecule has 10 heteroatoms. The number of rotatable bonds is 10. The normalized spacial score (nSPS) is 16.0. The van der Waals surface area contributed by atoms with Crippen molar-refractivity contribution in [2.75, 3.05) is 20.8 Å². The van der Waals surface area contributed by atoms with Gasteiger partial charge in [0, 0.05) is 36.3 Å². The molecule has 0 spiro atoms. The first kappa shape index (κ1) is 28.0. The highest BCUT2D eigenvalue weighted by Gasteiger charge is 2.42. The van der Waals surface area contributed by atoms with Gasteiger partial charge < -0.3 is 24.4 Å². The van der Waals surface area contributed by atoms with E-state index in [0.717, 1.165) is 16.7 Å². The van der Waals surface area contributed by atoms with Crippen molar-refractivity contribution in [3.05, 3.63) is 106 Å². The summed E-state index contributed by atoms with van der Waals surface area (Å²) in [6.07, 6.45) is 3.47. The number of methoxy groups -OCH3 is 2. The number of pyridine rings is 1. The third-order valence-corrected chi connectivity index (χ3v) is 7.51. The number of amides is 1. The number of carbonyl (C=O) groups is 2. The lowest BCUT2D eigenvalue weighted by atomic mass is 9.91. The number of hydrogen-bond donors (Lipinski definition) is 1. The highest BCUT2D eigenvalue weighted by molar-refractivity contribution is 8.16. The molecular weight excluding hydrogens is 540 g/mol. The van der Waals surface area contributed by atoms with Crippen molar-refractivity contribution in [1.29, 1.82) is 0 Å². The van der Waals surface area contributed by atoms with E-state index < -0.39 is 12.0 Å². The molecule has 0 bridgehead atoms. The fourth-order valence-corrected chi connectivity index (χ4v) is 5.64. The van der Waals surface area contributed by atoms with E-state index in [0.29, 0.717) is 40.2 Å². The zero-order valence-corrected chi connectivity index (χ0v) is 23.8. The van der Waals surface area contributed by atoms with E-state index in [1.54, 1.807) is 39.6 Å². The molecule has 5 rings (SSSR count). The third kappa shape index (κ3) is 6.12. The van der Waals surface area contributed by atoms with Crippen LogP contribution < -0.4 is 14.8 Å². The second kappa shape index (κ2) is 12.7. The minimum atomic E-state index is -0.657. The first-order valence-corrected chi connectivity index (χ1v) is 14.0. The number of benzene rings is 2. The predicted molar refractivity (Wildman–Crippen MR) is 158 cm³/mol. The van der Waals surface area contributed by atoms with Gasteiger partial charge in [0.2, 0.25) is 5.91 Å². The molecule has 3 aromatic rings. The van der Waals surface area contributed by atoms with Crippen molar-refractivity contribution < 1.29 is 23.8 Å². The van der Waals surface area contributed by atoms with Gasteiger partial charge in [-0.3, -0.25) is 9.78 Å². The van der Waals surface area contributed by atoms with Gasteiger partial charge in [-0.05, 0) is 47.7 Å². The summed E-state index contributed by atoms with van der Waals surface area (Å²) in [6, 6.07) is 18.1. The highest BCUT2D eigenvalue weighted by atomic mass is 32.2. The van der Waals surface area contributed by atoms with E-state index in [2.05, 4.69) is 10.3 Å². The summed E-state index contributed by atoms with van der Waals surface area (Å²) in [5.74, 6) is 0.493. The Morgan fingerprint density at radius 2 is 1.71 bits per heavy atom. The number of carbonyl (C=O) groups excluding carboxylic acids is 2. The number of hydrogen-bond acceptors (Lipinski definition) is 9. The second-order valence-corrected chi connectivity index (χ2v) is 10.0. The first-order valence-electron chi connectivity index (χ1n) is 13.1. The summed E-state index contributed by atoms with van der Waals surface area (Å²) in [5.41, 5.74) is 4.06. The second-order valence-electron chi connectivity index (χ2n) is 9.20. The maximum absolute atomic E-state index is 13.7. The van der Waals surface area contributed by atoms with Crippen LogP contribution in [0.5, 0.6) is 11.5 Å². The van der Waals surface area contributed by atoms with Crippen molar-refractivity contribution in [3.8, 4) is 11.5 Å². The Morgan fingerprint density at radius 1 is 1.00 bits per heavy atom. The molecule has 0 fully saturated rings. The molecule has 9 nitrogen and oxygen atoms in total. The van der Waals surface area contributed by atoms with Gasteiger partial charge in [-0.15, -0.1) is 0 Å². The Kier molecular flexibility index (Phi) is 8.69. The summed E-state index contributed by atoms with van der Waals surface area (Å²) >= 11 is 1.41. The van der Waals surface area contributed by atoms with Crippen LogP contribution in [0.1, 0.15) is 36.1 Å². The average Bonchev–Trinajstić information content (AvgIpc) is 3.41. The van der Waals surface area contributed by atoms with Crippen molar-refractivity contribution >= 4 is 34.5 Å². The van der Waals surface area contributed by atoms with Crippen LogP contribution in [0, 0.1) is 0 Å². The van der Waals surface area contributed by atoms with Crippen LogP contribution in [0.2, 0.25) is 0 Å². The monoisotopic (exact) mass is 570 g/mol.